The molecule has 3 fully saturated rings. The Balaban J connectivity index is 1.28. The standard InChI is InChI=1S/C26H20F2N2O4/c27-15-5-1-13(2-6-15)11-29-23(31)19-17-9-10-18(20(19)24(29)32)22-21(17)25(33)30(26(22)34)12-14-3-7-16(28)8-4-14/h1-10,17-22H,11-12H2/t17?,18?,19-,20-,21-,22-/m1/s1. The Labute approximate surface area is 193 Å². The van der Waals surface area contributed by atoms with Crippen LogP contribution in [0.5, 0.6) is 0 Å². The maximum Gasteiger partial charge on any atom is 0.234 e. The Morgan fingerprint density at radius 2 is 0.824 bits per heavy atom. The lowest BCUT2D eigenvalue weighted by Crippen LogP contribution is -2.50. The maximum atomic E-state index is 13.3. The summed E-state index contributed by atoms with van der Waals surface area (Å²) in [6.45, 7) is 0.0522. The Morgan fingerprint density at radius 1 is 0.529 bits per heavy atom. The Morgan fingerprint density at radius 3 is 1.12 bits per heavy atom. The minimum atomic E-state index is -0.688. The molecule has 8 heteroatoms. The van der Waals surface area contributed by atoms with Crippen LogP contribution < -0.4 is 0 Å². The van der Waals surface area contributed by atoms with Gasteiger partial charge < -0.3 is 0 Å². The summed E-state index contributed by atoms with van der Waals surface area (Å²) in [5.41, 5.74) is 1.25. The van der Waals surface area contributed by atoms with Crippen LogP contribution in [0.25, 0.3) is 0 Å². The normalized spacial score (nSPS) is 31.5. The van der Waals surface area contributed by atoms with Crippen molar-refractivity contribution in [3.05, 3.63) is 83.4 Å². The van der Waals surface area contributed by atoms with Crippen LogP contribution in [0.15, 0.2) is 60.7 Å². The molecule has 1 saturated carbocycles. The van der Waals surface area contributed by atoms with Crippen molar-refractivity contribution in [1.82, 2.24) is 9.80 Å². The third-order valence-corrected chi connectivity index (χ3v) is 7.70. The summed E-state index contributed by atoms with van der Waals surface area (Å²) in [7, 11) is 0. The summed E-state index contributed by atoms with van der Waals surface area (Å²) < 4.78 is 26.5. The highest BCUT2D eigenvalue weighted by Crippen LogP contribution is 2.58. The number of rotatable bonds is 4. The smallest absolute Gasteiger partial charge is 0.234 e. The van der Waals surface area contributed by atoms with Crippen molar-refractivity contribution in [2.75, 3.05) is 0 Å². The third kappa shape index (κ3) is 2.90. The molecule has 4 amide bonds. The van der Waals surface area contributed by atoms with E-state index in [4.69, 9.17) is 0 Å². The number of imide groups is 2. The molecule has 2 aliphatic heterocycles. The highest BCUT2D eigenvalue weighted by Gasteiger charge is 2.68. The van der Waals surface area contributed by atoms with Crippen molar-refractivity contribution in [3.63, 3.8) is 0 Å². The molecule has 4 atom stereocenters. The van der Waals surface area contributed by atoms with E-state index in [1.54, 1.807) is 0 Å². The van der Waals surface area contributed by atoms with Crippen LogP contribution in [0.1, 0.15) is 11.1 Å². The molecule has 2 saturated heterocycles. The molecule has 0 aromatic heterocycles. The molecule has 2 heterocycles. The van der Waals surface area contributed by atoms with Crippen molar-refractivity contribution >= 4 is 23.6 Å². The van der Waals surface area contributed by atoms with Gasteiger partial charge in [0.1, 0.15) is 11.6 Å². The summed E-state index contributed by atoms with van der Waals surface area (Å²) in [5, 5.41) is 0. The van der Waals surface area contributed by atoms with E-state index in [1.165, 1.54) is 58.3 Å². The summed E-state index contributed by atoms with van der Waals surface area (Å²) in [4.78, 5) is 55.7. The zero-order valence-corrected chi connectivity index (χ0v) is 17.9. The minimum absolute atomic E-state index is 0.0261. The second kappa shape index (κ2) is 7.41. The first kappa shape index (κ1) is 20.9. The third-order valence-electron chi connectivity index (χ3n) is 7.70. The summed E-state index contributed by atoms with van der Waals surface area (Å²) in [5.74, 6) is -6.06. The van der Waals surface area contributed by atoms with Gasteiger partial charge in [0.15, 0.2) is 0 Å². The predicted molar refractivity (Wildman–Crippen MR) is 114 cm³/mol. The van der Waals surface area contributed by atoms with E-state index < -0.39 is 47.1 Å². The van der Waals surface area contributed by atoms with Crippen LogP contribution in [-0.2, 0) is 32.3 Å². The fourth-order valence-electron chi connectivity index (χ4n) is 6.21. The summed E-state index contributed by atoms with van der Waals surface area (Å²) in [6.07, 6.45) is 3.62. The van der Waals surface area contributed by atoms with Crippen LogP contribution >= 0.6 is 0 Å². The van der Waals surface area contributed by atoms with Gasteiger partial charge in [-0.15, -0.1) is 0 Å². The Hall–Kier alpha value is -3.68. The van der Waals surface area contributed by atoms with Gasteiger partial charge in [0.25, 0.3) is 0 Å². The summed E-state index contributed by atoms with van der Waals surface area (Å²) in [6, 6.07) is 11.2. The zero-order chi connectivity index (χ0) is 23.7. The molecule has 5 aliphatic rings. The first-order chi connectivity index (χ1) is 16.3. The van der Waals surface area contributed by atoms with Gasteiger partial charge >= 0.3 is 0 Å². The molecule has 172 valence electrons. The van der Waals surface area contributed by atoms with Gasteiger partial charge in [-0.1, -0.05) is 36.4 Å². The van der Waals surface area contributed by atoms with E-state index in [2.05, 4.69) is 0 Å². The lowest BCUT2D eigenvalue weighted by atomic mass is 9.54. The number of allylic oxidation sites excluding steroid dienone is 2. The number of amides is 4. The highest BCUT2D eigenvalue weighted by atomic mass is 19.1. The van der Waals surface area contributed by atoms with Crippen LogP contribution in [0.4, 0.5) is 8.78 Å². The molecule has 34 heavy (non-hydrogen) atoms. The van der Waals surface area contributed by atoms with E-state index in [0.29, 0.717) is 11.1 Å². The monoisotopic (exact) mass is 462 g/mol. The zero-order valence-electron chi connectivity index (χ0n) is 17.9. The molecular weight excluding hydrogens is 442 g/mol. The van der Waals surface area contributed by atoms with Crippen molar-refractivity contribution < 1.29 is 28.0 Å². The Bertz CT molecular complexity index is 1120. The molecule has 7 rings (SSSR count). The maximum absolute atomic E-state index is 13.3. The van der Waals surface area contributed by atoms with Crippen molar-refractivity contribution in [2.45, 2.75) is 13.1 Å². The van der Waals surface area contributed by atoms with Gasteiger partial charge in [0, 0.05) is 11.8 Å². The average Bonchev–Trinajstić information content (AvgIpc) is 3.25. The highest BCUT2D eigenvalue weighted by molar-refractivity contribution is 6.10. The van der Waals surface area contributed by atoms with E-state index in [0.717, 1.165) is 0 Å². The molecule has 3 aliphatic carbocycles. The minimum Gasteiger partial charge on any atom is -0.278 e. The topological polar surface area (TPSA) is 74.8 Å². The number of benzene rings is 2. The number of likely N-dealkylation sites (tertiary alicyclic amines) is 2. The number of nitrogens with zero attached hydrogens (tertiary/aromatic N) is 2. The van der Waals surface area contributed by atoms with Crippen LogP contribution in [0.2, 0.25) is 0 Å². The number of hydrogen-bond acceptors (Lipinski definition) is 4. The van der Waals surface area contributed by atoms with E-state index in [9.17, 15) is 28.0 Å². The number of carbonyl (C=O) groups excluding carboxylic acids is 4. The second-order valence-corrected chi connectivity index (χ2v) is 9.42. The van der Waals surface area contributed by atoms with E-state index in [-0.39, 0.29) is 36.7 Å². The van der Waals surface area contributed by atoms with Crippen LogP contribution in [0.3, 0.4) is 0 Å². The van der Waals surface area contributed by atoms with Gasteiger partial charge in [0.05, 0.1) is 36.8 Å². The van der Waals surface area contributed by atoms with Crippen molar-refractivity contribution in [1.29, 1.82) is 0 Å². The SMILES string of the molecule is O=C1[C@@H]2C3C=CC([C@H]2C(=O)N1Cc1ccc(F)cc1)[C@H]1C(=O)N(Cc2ccc(F)cc2)C(=O)[C@H]31. The molecular formula is C26H20F2N2O4. The van der Waals surface area contributed by atoms with E-state index >= 15 is 0 Å². The van der Waals surface area contributed by atoms with Crippen molar-refractivity contribution in [2.24, 2.45) is 35.5 Å². The molecule has 0 N–H and O–H groups in total. The molecule has 2 aromatic carbocycles. The average molecular weight is 462 g/mol. The molecule has 2 aromatic rings. The van der Waals surface area contributed by atoms with E-state index in [1.807, 2.05) is 12.2 Å². The van der Waals surface area contributed by atoms with Gasteiger partial charge in [0.2, 0.25) is 23.6 Å². The van der Waals surface area contributed by atoms with Gasteiger partial charge in [-0.3, -0.25) is 29.0 Å². The first-order valence-corrected chi connectivity index (χ1v) is 11.2. The van der Waals surface area contributed by atoms with Gasteiger partial charge in [-0.25, -0.2) is 8.78 Å². The number of halogens is 2. The molecule has 0 radical (unpaired) electrons. The summed E-state index contributed by atoms with van der Waals surface area (Å²) >= 11 is 0. The second-order valence-electron chi connectivity index (χ2n) is 9.42. The number of carbonyl (C=O) groups is 4. The largest absolute Gasteiger partial charge is 0.278 e. The van der Waals surface area contributed by atoms with Gasteiger partial charge in [-0.2, -0.15) is 0 Å². The molecule has 6 nitrogen and oxygen atoms in total. The first-order valence-electron chi connectivity index (χ1n) is 11.2. The number of hydrogen-bond donors (Lipinski definition) is 0. The fraction of sp³-hybridized carbons (Fsp3) is 0.308. The molecule has 2 bridgehead atoms. The molecule has 0 spiro atoms. The van der Waals surface area contributed by atoms with Gasteiger partial charge in [-0.05, 0) is 35.4 Å². The lowest BCUT2D eigenvalue weighted by molar-refractivity contribution is -0.140. The fourth-order valence-corrected chi connectivity index (χ4v) is 6.21. The predicted octanol–water partition coefficient (Wildman–Crippen LogP) is 2.68. The molecule has 0 unspecified atom stereocenters. The van der Waals surface area contributed by atoms with Crippen LogP contribution in [-0.4, -0.2) is 33.4 Å². The van der Waals surface area contributed by atoms with Crippen LogP contribution in [0, 0.1) is 47.1 Å². The Kier molecular flexibility index (Phi) is 4.56. The van der Waals surface area contributed by atoms with Crippen molar-refractivity contribution in [3.8, 4) is 0 Å². The quantitative estimate of drug-likeness (QED) is 0.517. The lowest BCUT2D eigenvalue weighted by Gasteiger charge is -2.44.